The van der Waals surface area contributed by atoms with Crippen molar-refractivity contribution in [3.05, 3.63) is 11.9 Å². The molecule has 0 spiro atoms. The highest BCUT2D eigenvalue weighted by atomic mass is 31.2. The number of unbranched alkanes of at least 4 members (excludes halogenated alkanes) is 1. The van der Waals surface area contributed by atoms with E-state index in [-0.39, 0.29) is 0 Å². The fourth-order valence-corrected chi connectivity index (χ4v) is 2.56. The molecule has 0 radical (unpaired) electrons. The van der Waals surface area contributed by atoms with Crippen LogP contribution in [-0.4, -0.2) is 40.6 Å². The Morgan fingerprint density at radius 3 is 2.62 bits per heavy atom. The lowest BCUT2D eigenvalue weighted by molar-refractivity contribution is -0.114. The first-order chi connectivity index (χ1) is 10.2. The van der Waals surface area contributed by atoms with Crippen LogP contribution in [0.1, 0.15) is 39.3 Å². The van der Waals surface area contributed by atoms with Crippen LogP contribution < -0.4 is 0 Å². The lowest BCUT2D eigenvalue weighted by Crippen LogP contribution is -2.17. The van der Waals surface area contributed by atoms with Gasteiger partial charge >= 0.3 is 8.60 Å². The number of carbonyl (C=O) groups excluding carboxylic acids is 1. The number of nitrogens with zero attached hydrogens (tertiary/aromatic N) is 3. The first-order valence-electron chi connectivity index (χ1n) is 7.30. The average Bonchev–Trinajstić information content (AvgIpc) is 2.92. The Balaban J connectivity index is 2.51. The molecule has 21 heavy (non-hydrogen) atoms. The van der Waals surface area contributed by atoms with E-state index in [0.717, 1.165) is 31.4 Å². The summed E-state index contributed by atoms with van der Waals surface area (Å²) in [7, 11) is -1.49. The summed E-state index contributed by atoms with van der Waals surface area (Å²) in [6.07, 6.45) is 4.48. The maximum absolute atomic E-state index is 11.2. The van der Waals surface area contributed by atoms with Crippen molar-refractivity contribution >= 4 is 14.9 Å². The summed E-state index contributed by atoms with van der Waals surface area (Å²) in [4.78, 5) is 11.2. The predicted octanol–water partition coefficient (Wildman–Crippen LogP) is 2.50. The Bertz CT molecular complexity index is 397. The molecule has 0 aliphatic heterocycles. The molecule has 7 nitrogen and oxygen atoms in total. The molecule has 0 aliphatic carbocycles. The fourth-order valence-electron chi connectivity index (χ4n) is 1.60. The summed E-state index contributed by atoms with van der Waals surface area (Å²) in [5.41, 5.74) is 0.728. The standard InChI is InChI=1S/C13H24N3O4P/c1-4-7-8-16-10-12(14-15-16)9-13(11-17)20-21(18-5-2)19-6-3/h10-11,13H,4-9H2,1-3H3. The van der Waals surface area contributed by atoms with E-state index in [9.17, 15) is 4.79 Å². The van der Waals surface area contributed by atoms with Gasteiger partial charge in [-0.1, -0.05) is 18.6 Å². The van der Waals surface area contributed by atoms with E-state index in [1.165, 1.54) is 0 Å². The number of aldehydes is 1. The number of hydrogen-bond donors (Lipinski definition) is 0. The third kappa shape index (κ3) is 7.09. The second-order valence-electron chi connectivity index (χ2n) is 4.37. The van der Waals surface area contributed by atoms with Gasteiger partial charge in [0.25, 0.3) is 0 Å². The second kappa shape index (κ2) is 10.8. The van der Waals surface area contributed by atoms with Crippen molar-refractivity contribution in [3.8, 4) is 0 Å². The molecule has 0 aromatic carbocycles. The van der Waals surface area contributed by atoms with Crippen molar-refractivity contribution in [3.63, 3.8) is 0 Å². The zero-order valence-electron chi connectivity index (χ0n) is 12.9. The monoisotopic (exact) mass is 317 g/mol. The maximum Gasteiger partial charge on any atom is 0.333 e. The smallest absolute Gasteiger partial charge is 0.313 e. The van der Waals surface area contributed by atoms with Gasteiger partial charge in [-0.25, -0.2) is 0 Å². The largest absolute Gasteiger partial charge is 0.333 e. The van der Waals surface area contributed by atoms with Gasteiger partial charge in [0, 0.05) is 19.2 Å². The lowest BCUT2D eigenvalue weighted by Gasteiger charge is -2.18. The SMILES string of the molecule is CCCCn1cc(CC(C=O)OP(OCC)OCC)nn1. The molecule has 1 rings (SSSR count). The molecule has 120 valence electrons. The van der Waals surface area contributed by atoms with Crippen molar-refractivity contribution in [1.29, 1.82) is 0 Å². The summed E-state index contributed by atoms with van der Waals surface area (Å²) in [5.74, 6) is 0. The Labute approximate surface area is 127 Å². The van der Waals surface area contributed by atoms with Crippen molar-refractivity contribution < 1.29 is 18.4 Å². The Morgan fingerprint density at radius 2 is 2.05 bits per heavy atom. The van der Waals surface area contributed by atoms with Crippen LogP contribution in [0.15, 0.2) is 6.20 Å². The van der Waals surface area contributed by atoms with Gasteiger partial charge in [0.2, 0.25) is 0 Å². The minimum atomic E-state index is -1.49. The highest BCUT2D eigenvalue weighted by Gasteiger charge is 2.20. The fraction of sp³-hybridized carbons (Fsp3) is 0.769. The normalized spacial score (nSPS) is 12.8. The van der Waals surface area contributed by atoms with Crippen LogP contribution in [0.5, 0.6) is 0 Å². The molecule has 0 amide bonds. The number of aryl methyl sites for hydroxylation is 1. The van der Waals surface area contributed by atoms with Gasteiger partial charge < -0.3 is 18.4 Å². The van der Waals surface area contributed by atoms with E-state index < -0.39 is 14.7 Å². The minimum Gasteiger partial charge on any atom is -0.313 e. The minimum absolute atomic E-state index is 0.370. The Kier molecular flexibility index (Phi) is 9.34. The van der Waals surface area contributed by atoms with Gasteiger partial charge in [-0.15, -0.1) is 5.10 Å². The lowest BCUT2D eigenvalue weighted by atomic mass is 10.2. The summed E-state index contributed by atoms with van der Waals surface area (Å²) >= 11 is 0. The molecule has 1 heterocycles. The third-order valence-electron chi connectivity index (χ3n) is 2.58. The van der Waals surface area contributed by atoms with Crippen LogP contribution in [0.3, 0.4) is 0 Å². The molecular weight excluding hydrogens is 293 g/mol. The van der Waals surface area contributed by atoms with Gasteiger partial charge in [-0.3, -0.25) is 4.68 Å². The van der Waals surface area contributed by atoms with Gasteiger partial charge in [-0.2, -0.15) is 0 Å². The van der Waals surface area contributed by atoms with E-state index in [1.54, 1.807) is 4.68 Å². The van der Waals surface area contributed by atoms with Gasteiger partial charge in [0.1, 0.15) is 12.4 Å². The van der Waals surface area contributed by atoms with Gasteiger partial charge in [0.05, 0.1) is 18.9 Å². The zero-order chi connectivity index (χ0) is 15.5. The second-order valence-corrected chi connectivity index (χ2v) is 5.54. The van der Waals surface area contributed by atoms with E-state index in [2.05, 4.69) is 17.2 Å². The molecule has 0 saturated carbocycles. The molecule has 0 saturated heterocycles. The van der Waals surface area contributed by atoms with E-state index in [4.69, 9.17) is 13.6 Å². The molecule has 1 aromatic rings. The molecule has 0 aliphatic rings. The highest BCUT2D eigenvalue weighted by molar-refractivity contribution is 7.41. The van der Waals surface area contributed by atoms with Crippen LogP contribution in [-0.2, 0) is 31.3 Å². The molecule has 0 bridgehead atoms. The molecule has 8 heteroatoms. The van der Waals surface area contributed by atoms with Crippen LogP contribution in [0.2, 0.25) is 0 Å². The quantitative estimate of drug-likeness (QED) is 0.435. The van der Waals surface area contributed by atoms with Crippen molar-refractivity contribution in [2.75, 3.05) is 13.2 Å². The molecular formula is C13H24N3O4P. The summed E-state index contributed by atoms with van der Waals surface area (Å²) in [6.45, 7) is 7.62. The Morgan fingerprint density at radius 1 is 1.33 bits per heavy atom. The first-order valence-corrected chi connectivity index (χ1v) is 8.40. The molecule has 1 aromatic heterocycles. The van der Waals surface area contributed by atoms with Crippen molar-refractivity contribution in [1.82, 2.24) is 15.0 Å². The van der Waals surface area contributed by atoms with Crippen molar-refractivity contribution in [2.45, 2.75) is 52.7 Å². The maximum atomic E-state index is 11.2. The molecule has 0 fully saturated rings. The molecule has 0 N–H and O–H groups in total. The molecule has 1 unspecified atom stereocenters. The summed E-state index contributed by atoms with van der Waals surface area (Å²) in [5, 5.41) is 8.09. The van der Waals surface area contributed by atoms with Crippen LogP contribution >= 0.6 is 8.60 Å². The van der Waals surface area contributed by atoms with E-state index in [1.807, 2.05) is 20.0 Å². The number of carbonyl (C=O) groups is 1. The van der Waals surface area contributed by atoms with E-state index >= 15 is 0 Å². The van der Waals surface area contributed by atoms with Gasteiger partial charge in [-0.05, 0) is 20.3 Å². The van der Waals surface area contributed by atoms with E-state index in [0.29, 0.717) is 19.6 Å². The number of rotatable bonds is 12. The van der Waals surface area contributed by atoms with Crippen molar-refractivity contribution in [2.24, 2.45) is 0 Å². The van der Waals surface area contributed by atoms with Crippen LogP contribution in [0, 0.1) is 0 Å². The topological polar surface area (TPSA) is 75.5 Å². The first kappa shape index (κ1) is 18.2. The highest BCUT2D eigenvalue weighted by Crippen LogP contribution is 2.40. The third-order valence-corrected chi connectivity index (χ3v) is 3.96. The zero-order valence-corrected chi connectivity index (χ0v) is 13.8. The average molecular weight is 317 g/mol. The number of hydrogen-bond acceptors (Lipinski definition) is 6. The predicted molar refractivity (Wildman–Crippen MR) is 79.7 cm³/mol. The number of aromatic nitrogens is 3. The van der Waals surface area contributed by atoms with Crippen LogP contribution in [0.25, 0.3) is 0 Å². The molecule has 1 atom stereocenters. The van der Waals surface area contributed by atoms with Crippen LogP contribution in [0.4, 0.5) is 0 Å². The summed E-state index contributed by atoms with van der Waals surface area (Å²) in [6, 6.07) is 0. The van der Waals surface area contributed by atoms with Gasteiger partial charge in [0.15, 0.2) is 0 Å². The Hall–Kier alpha value is -0.880. The summed E-state index contributed by atoms with van der Waals surface area (Å²) < 4.78 is 18.0.